The quantitative estimate of drug-likeness (QED) is 0.743. The zero-order chi connectivity index (χ0) is 10.9. The molecule has 1 saturated carbocycles. The first-order valence-corrected chi connectivity index (χ1v) is 6.09. The van der Waals surface area contributed by atoms with Crippen molar-refractivity contribution in [2.75, 3.05) is 0 Å². The Balaban J connectivity index is 2.27. The third-order valence-corrected chi connectivity index (χ3v) is 3.66. The van der Waals surface area contributed by atoms with Gasteiger partial charge in [0.2, 0.25) is 11.8 Å². The fourth-order valence-corrected chi connectivity index (χ4v) is 2.47. The van der Waals surface area contributed by atoms with Crippen molar-refractivity contribution < 1.29 is 4.42 Å². The van der Waals surface area contributed by atoms with E-state index in [-0.39, 0.29) is 10.8 Å². The van der Waals surface area contributed by atoms with Crippen LogP contribution in [0.15, 0.2) is 4.42 Å². The average Bonchev–Trinajstić information content (AvgIpc) is 2.87. The molecule has 1 aliphatic carbocycles. The van der Waals surface area contributed by atoms with E-state index in [2.05, 4.69) is 17.1 Å². The third kappa shape index (κ3) is 1.89. The van der Waals surface area contributed by atoms with Crippen molar-refractivity contribution in [2.24, 2.45) is 0 Å². The van der Waals surface area contributed by atoms with Crippen LogP contribution in [0.3, 0.4) is 0 Å². The number of hydrogen-bond acceptors (Lipinski definition) is 3. The largest absolute Gasteiger partial charge is 0.423 e. The zero-order valence-corrected chi connectivity index (χ0v) is 10.0. The molecule has 0 N–H and O–H groups in total. The first kappa shape index (κ1) is 10.9. The Morgan fingerprint density at radius 2 is 2.07 bits per heavy atom. The van der Waals surface area contributed by atoms with Crippen LogP contribution in [0.5, 0.6) is 0 Å². The summed E-state index contributed by atoms with van der Waals surface area (Å²) in [5.41, 5.74) is 0.136. The summed E-state index contributed by atoms with van der Waals surface area (Å²) < 4.78 is 5.67. The standard InChI is InChI=1S/C11H17ClN2O/c1-3-11(6-4-5-7-11)10-14-13-9(15-10)8(2)12/h8H,3-7H2,1-2H3. The SMILES string of the molecule is CCC1(c2nnc(C(C)Cl)o2)CCCC1. The molecule has 1 unspecified atom stereocenters. The van der Waals surface area contributed by atoms with Crippen molar-refractivity contribution >= 4 is 11.6 Å². The van der Waals surface area contributed by atoms with Crippen LogP contribution in [0.4, 0.5) is 0 Å². The Morgan fingerprint density at radius 1 is 1.40 bits per heavy atom. The van der Waals surface area contributed by atoms with Crippen molar-refractivity contribution in [1.29, 1.82) is 0 Å². The number of nitrogens with zero attached hydrogens (tertiary/aromatic N) is 2. The summed E-state index contributed by atoms with van der Waals surface area (Å²) in [7, 11) is 0. The second-order valence-corrected chi connectivity index (χ2v) is 5.06. The molecule has 0 amide bonds. The highest BCUT2D eigenvalue weighted by atomic mass is 35.5. The fraction of sp³-hybridized carbons (Fsp3) is 0.818. The number of hydrogen-bond donors (Lipinski definition) is 0. The minimum Gasteiger partial charge on any atom is -0.423 e. The maximum Gasteiger partial charge on any atom is 0.234 e. The van der Waals surface area contributed by atoms with Gasteiger partial charge in [0, 0.05) is 5.41 Å². The van der Waals surface area contributed by atoms with Gasteiger partial charge in [-0.15, -0.1) is 21.8 Å². The van der Waals surface area contributed by atoms with Crippen LogP contribution < -0.4 is 0 Å². The molecule has 0 saturated heterocycles. The van der Waals surface area contributed by atoms with Gasteiger partial charge in [-0.25, -0.2) is 0 Å². The molecule has 1 aromatic heterocycles. The fourth-order valence-electron chi connectivity index (χ4n) is 2.38. The summed E-state index contributed by atoms with van der Waals surface area (Å²) in [6.45, 7) is 4.05. The number of aromatic nitrogens is 2. The molecule has 3 nitrogen and oxygen atoms in total. The van der Waals surface area contributed by atoms with E-state index in [1.54, 1.807) is 0 Å². The number of halogens is 1. The lowest BCUT2D eigenvalue weighted by Crippen LogP contribution is -2.21. The van der Waals surface area contributed by atoms with Gasteiger partial charge in [-0.05, 0) is 26.2 Å². The summed E-state index contributed by atoms with van der Waals surface area (Å²) in [5, 5.41) is 7.97. The molecule has 0 bridgehead atoms. The van der Waals surface area contributed by atoms with E-state index >= 15 is 0 Å². The lowest BCUT2D eigenvalue weighted by molar-refractivity contribution is 0.305. The van der Waals surface area contributed by atoms with Gasteiger partial charge in [-0.2, -0.15) is 0 Å². The highest BCUT2D eigenvalue weighted by Gasteiger charge is 2.39. The van der Waals surface area contributed by atoms with Crippen LogP contribution in [0.25, 0.3) is 0 Å². The van der Waals surface area contributed by atoms with Crippen molar-refractivity contribution in [3.63, 3.8) is 0 Å². The molecular formula is C11H17ClN2O. The van der Waals surface area contributed by atoms with Crippen LogP contribution in [0, 0.1) is 0 Å². The maximum absolute atomic E-state index is 5.92. The van der Waals surface area contributed by atoms with Crippen LogP contribution in [-0.2, 0) is 5.41 Å². The van der Waals surface area contributed by atoms with Crippen molar-refractivity contribution in [1.82, 2.24) is 10.2 Å². The molecule has 84 valence electrons. The molecule has 1 heterocycles. The molecule has 1 fully saturated rings. The summed E-state index contributed by atoms with van der Waals surface area (Å²) in [4.78, 5) is 0. The molecule has 4 heteroatoms. The van der Waals surface area contributed by atoms with Gasteiger partial charge in [0.15, 0.2) is 0 Å². The highest BCUT2D eigenvalue weighted by Crippen LogP contribution is 2.43. The van der Waals surface area contributed by atoms with E-state index in [1.165, 1.54) is 25.7 Å². The van der Waals surface area contributed by atoms with Crippen molar-refractivity contribution in [2.45, 2.75) is 56.7 Å². The van der Waals surface area contributed by atoms with E-state index in [0.29, 0.717) is 5.89 Å². The molecule has 0 aromatic carbocycles. The Hall–Kier alpha value is -0.570. The molecule has 2 rings (SSSR count). The van der Waals surface area contributed by atoms with E-state index in [9.17, 15) is 0 Å². The van der Waals surface area contributed by atoms with Gasteiger partial charge in [-0.1, -0.05) is 19.8 Å². The molecule has 1 aliphatic rings. The number of alkyl halides is 1. The first-order valence-electron chi connectivity index (χ1n) is 5.66. The molecule has 1 atom stereocenters. The highest BCUT2D eigenvalue weighted by molar-refractivity contribution is 6.20. The normalized spacial score (nSPS) is 21.8. The van der Waals surface area contributed by atoms with Crippen LogP contribution in [0.2, 0.25) is 0 Å². The van der Waals surface area contributed by atoms with Gasteiger partial charge in [-0.3, -0.25) is 0 Å². The number of rotatable bonds is 3. The van der Waals surface area contributed by atoms with E-state index in [1.807, 2.05) is 6.92 Å². The minimum absolute atomic E-state index is 0.136. The molecule has 0 aliphatic heterocycles. The molecule has 1 aromatic rings. The van der Waals surface area contributed by atoms with E-state index in [0.717, 1.165) is 12.3 Å². The second kappa shape index (κ2) is 4.12. The molecular weight excluding hydrogens is 212 g/mol. The minimum atomic E-state index is -0.193. The van der Waals surface area contributed by atoms with Gasteiger partial charge >= 0.3 is 0 Å². The Labute approximate surface area is 95.2 Å². The summed E-state index contributed by atoms with van der Waals surface area (Å²) in [6, 6.07) is 0. The summed E-state index contributed by atoms with van der Waals surface area (Å²) in [5.74, 6) is 1.34. The Morgan fingerprint density at radius 3 is 2.53 bits per heavy atom. The lowest BCUT2D eigenvalue weighted by atomic mass is 9.83. The van der Waals surface area contributed by atoms with Crippen molar-refractivity contribution in [3.8, 4) is 0 Å². The lowest BCUT2D eigenvalue weighted by Gasteiger charge is -2.22. The zero-order valence-electron chi connectivity index (χ0n) is 9.29. The summed E-state index contributed by atoms with van der Waals surface area (Å²) in [6.07, 6.45) is 5.94. The monoisotopic (exact) mass is 228 g/mol. The first-order chi connectivity index (χ1) is 7.18. The predicted octanol–water partition coefficient (Wildman–Crippen LogP) is 3.59. The van der Waals surface area contributed by atoms with E-state index < -0.39 is 0 Å². The van der Waals surface area contributed by atoms with E-state index in [4.69, 9.17) is 16.0 Å². The maximum atomic E-state index is 5.92. The smallest absolute Gasteiger partial charge is 0.234 e. The molecule has 0 spiro atoms. The average molecular weight is 229 g/mol. The topological polar surface area (TPSA) is 38.9 Å². The van der Waals surface area contributed by atoms with Gasteiger partial charge < -0.3 is 4.42 Å². The van der Waals surface area contributed by atoms with Gasteiger partial charge in [0.05, 0.1) is 0 Å². The second-order valence-electron chi connectivity index (χ2n) is 4.40. The Kier molecular flexibility index (Phi) is 3.01. The van der Waals surface area contributed by atoms with Crippen LogP contribution in [0.1, 0.15) is 63.1 Å². The predicted molar refractivity (Wildman–Crippen MR) is 59.0 cm³/mol. The van der Waals surface area contributed by atoms with Crippen molar-refractivity contribution in [3.05, 3.63) is 11.8 Å². The van der Waals surface area contributed by atoms with Crippen LogP contribution in [-0.4, -0.2) is 10.2 Å². The Bertz CT molecular complexity index is 329. The van der Waals surface area contributed by atoms with Gasteiger partial charge in [0.1, 0.15) is 5.38 Å². The van der Waals surface area contributed by atoms with Crippen LogP contribution >= 0.6 is 11.6 Å². The molecule has 0 radical (unpaired) electrons. The van der Waals surface area contributed by atoms with Gasteiger partial charge in [0.25, 0.3) is 0 Å². The molecule has 15 heavy (non-hydrogen) atoms. The summed E-state index contributed by atoms with van der Waals surface area (Å²) >= 11 is 5.92. The third-order valence-electron chi connectivity index (χ3n) is 3.47.